The number of nitrogens with zero attached hydrogens (tertiary/aromatic N) is 2. The first kappa shape index (κ1) is 16.7. The highest BCUT2D eigenvalue weighted by Gasteiger charge is 2.38. The Morgan fingerprint density at radius 3 is 2.37 bits per heavy atom. The molecule has 2 N–H and O–H groups in total. The van der Waals surface area contributed by atoms with E-state index < -0.39 is 0 Å². The number of nitrogens with two attached hydrogens (primary N) is 1. The standard InChI is InChI=1S/C14H27N3O.ClH/c1-14(2,3)12(15)13(18)17-8-7-10-5-6-11(9-17)16(10)4;/h10-12H,5-9,15H2,1-4H3;1H/t10?,11?,12-;/m1./s1. The molecule has 5 heteroatoms. The molecule has 2 bridgehead atoms. The minimum absolute atomic E-state index is 0. The molecule has 2 rings (SSSR count). The SMILES string of the molecule is CN1C2CCC1CN(C(=O)[C@@H](N)C(C)(C)C)CC2.Cl. The number of halogens is 1. The van der Waals surface area contributed by atoms with E-state index in [0.717, 1.165) is 19.5 Å². The zero-order valence-corrected chi connectivity index (χ0v) is 13.4. The highest BCUT2D eigenvalue weighted by atomic mass is 35.5. The van der Waals surface area contributed by atoms with Crippen molar-refractivity contribution in [1.29, 1.82) is 0 Å². The van der Waals surface area contributed by atoms with E-state index in [0.29, 0.717) is 12.1 Å². The van der Waals surface area contributed by atoms with Crippen LogP contribution < -0.4 is 5.73 Å². The van der Waals surface area contributed by atoms with Gasteiger partial charge in [-0.25, -0.2) is 0 Å². The van der Waals surface area contributed by atoms with Crippen LogP contribution in [0.5, 0.6) is 0 Å². The lowest BCUT2D eigenvalue weighted by Gasteiger charge is -2.33. The van der Waals surface area contributed by atoms with Crippen molar-refractivity contribution >= 4 is 18.3 Å². The molecule has 2 saturated heterocycles. The molecule has 112 valence electrons. The van der Waals surface area contributed by atoms with Crippen molar-refractivity contribution in [3.8, 4) is 0 Å². The van der Waals surface area contributed by atoms with Gasteiger partial charge >= 0.3 is 0 Å². The van der Waals surface area contributed by atoms with Crippen LogP contribution in [0.2, 0.25) is 0 Å². The van der Waals surface area contributed by atoms with Gasteiger partial charge in [-0.2, -0.15) is 0 Å². The summed E-state index contributed by atoms with van der Waals surface area (Å²) in [7, 11) is 2.19. The molecule has 3 atom stereocenters. The predicted molar refractivity (Wildman–Crippen MR) is 80.4 cm³/mol. The van der Waals surface area contributed by atoms with E-state index in [1.165, 1.54) is 12.8 Å². The number of hydrogen-bond acceptors (Lipinski definition) is 3. The van der Waals surface area contributed by atoms with Gasteiger partial charge in [0, 0.05) is 25.2 Å². The summed E-state index contributed by atoms with van der Waals surface area (Å²) in [6, 6.07) is 0.812. The molecule has 2 aliphatic rings. The predicted octanol–water partition coefficient (Wildman–Crippen LogP) is 1.48. The molecule has 0 spiro atoms. The summed E-state index contributed by atoms with van der Waals surface area (Å²) >= 11 is 0. The van der Waals surface area contributed by atoms with Crippen LogP contribution >= 0.6 is 12.4 Å². The van der Waals surface area contributed by atoms with E-state index in [1.54, 1.807) is 0 Å². The minimum Gasteiger partial charge on any atom is -0.340 e. The second kappa shape index (κ2) is 5.98. The first-order valence-corrected chi connectivity index (χ1v) is 7.07. The smallest absolute Gasteiger partial charge is 0.240 e. The molecule has 0 aromatic carbocycles. The van der Waals surface area contributed by atoms with E-state index in [1.807, 2.05) is 25.7 Å². The quantitative estimate of drug-likeness (QED) is 0.795. The number of amides is 1. The summed E-state index contributed by atoms with van der Waals surface area (Å²) in [5.74, 6) is 0.128. The van der Waals surface area contributed by atoms with Gasteiger partial charge in [-0.3, -0.25) is 9.69 Å². The van der Waals surface area contributed by atoms with Crippen LogP contribution in [0.4, 0.5) is 0 Å². The summed E-state index contributed by atoms with van der Waals surface area (Å²) in [6.45, 7) is 7.83. The Balaban J connectivity index is 0.00000180. The van der Waals surface area contributed by atoms with Gasteiger partial charge in [0.2, 0.25) is 5.91 Å². The van der Waals surface area contributed by atoms with Gasteiger partial charge in [-0.05, 0) is 31.7 Å². The number of likely N-dealkylation sites (tertiary alicyclic amines) is 1. The molecule has 0 radical (unpaired) electrons. The Labute approximate surface area is 123 Å². The fraction of sp³-hybridized carbons (Fsp3) is 0.929. The van der Waals surface area contributed by atoms with Crippen molar-refractivity contribution in [2.24, 2.45) is 11.1 Å². The average molecular weight is 290 g/mol. The topological polar surface area (TPSA) is 49.6 Å². The summed E-state index contributed by atoms with van der Waals surface area (Å²) < 4.78 is 0. The second-order valence-electron chi connectivity index (χ2n) is 6.97. The van der Waals surface area contributed by atoms with Crippen molar-refractivity contribution in [3.05, 3.63) is 0 Å². The molecule has 2 fully saturated rings. The Kier molecular flexibility index (Phi) is 5.27. The van der Waals surface area contributed by atoms with E-state index >= 15 is 0 Å². The van der Waals surface area contributed by atoms with Gasteiger partial charge in [0.1, 0.15) is 0 Å². The van der Waals surface area contributed by atoms with Gasteiger partial charge < -0.3 is 10.6 Å². The molecule has 0 saturated carbocycles. The minimum atomic E-state index is -0.389. The van der Waals surface area contributed by atoms with Crippen LogP contribution in [0.15, 0.2) is 0 Å². The zero-order chi connectivity index (χ0) is 13.5. The number of likely N-dealkylation sites (N-methyl/N-ethyl adjacent to an activating group) is 1. The second-order valence-corrected chi connectivity index (χ2v) is 6.97. The fourth-order valence-electron chi connectivity index (χ4n) is 3.08. The number of fused-ring (bicyclic) bond motifs is 2. The molecule has 2 heterocycles. The van der Waals surface area contributed by atoms with Crippen molar-refractivity contribution in [2.45, 2.75) is 58.2 Å². The van der Waals surface area contributed by atoms with Gasteiger partial charge in [-0.1, -0.05) is 20.8 Å². The maximum absolute atomic E-state index is 12.5. The third kappa shape index (κ3) is 3.41. The molecular formula is C14H28ClN3O. The van der Waals surface area contributed by atoms with Crippen LogP contribution in [-0.2, 0) is 4.79 Å². The molecule has 2 aliphatic heterocycles. The molecule has 1 amide bonds. The first-order chi connectivity index (χ1) is 8.30. The van der Waals surface area contributed by atoms with E-state index in [4.69, 9.17) is 5.73 Å². The maximum Gasteiger partial charge on any atom is 0.240 e. The average Bonchev–Trinajstić information content (AvgIpc) is 2.50. The van der Waals surface area contributed by atoms with Gasteiger partial charge in [0.25, 0.3) is 0 Å². The van der Waals surface area contributed by atoms with E-state index in [2.05, 4.69) is 11.9 Å². The summed E-state index contributed by atoms with van der Waals surface area (Å²) in [5, 5.41) is 0. The first-order valence-electron chi connectivity index (χ1n) is 7.07. The van der Waals surface area contributed by atoms with Crippen molar-refractivity contribution < 1.29 is 4.79 Å². The number of rotatable bonds is 1. The number of hydrogen-bond donors (Lipinski definition) is 1. The summed E-state index contributed by atoms with van der Waals surface area (Å²) in [5.41, 5.74) is 5.95. The highest BCUT2D eigenvalue weighted by Crippen LogP contribution is 2.29. The van der Waals surface area contributed by atoms with E-state index in [9.17, 15) is 4.79 Å². The lowest BCUT2D eigenvalue weighted by Crippen LogP contribution is -2.52. The van der Waals surface area contributed by atoms with Gasteiger partial charge in [-0.15, -0.1) is 12.4 Å². The van der Waals surface area contributed by atoms with Crippen LogP contribution in [0.1, 0.15) is 40.0 Å². The van der Waals surface area contributed by atoms with Gasteiger partial charge in [0.15, 0.2) is 0 Å². The maximum atomic E-state index is 12.5. The van der Waals surface area contributed by atoms with Crippen molar-refractivity contribution in [2.75, 3.05) is 20.1 Å². The van der Waals surface area contributed by atoms with Crippen molar-refractivity contribution in [1.82, 2.24) is 9.80 Å². The van der Waals surface area contributed by atoms with Crippen LogP contribution in [0.3, 0.4) is 0 Å². The molecule has 0 aromatic rings. The molecular weight excluding hydrogens is 262 g/mol. The van der Waals surface area contributed by atoms with Crippen LogP contribution in [-0.4, -0.2) is 54.0 Å². The summed E-state index contributed by atoms with van der Waals surface area (Å²) in [6.07, 6.45) is 3.60. The van der Waals surface area contributed by atoms with Crippen LogP contribution in [0, 0.1) is 5.41 Å². The molecule has 0 aliphatic carbocycles. The van der Waals surface area contributed by atoms with Crippen LogP contribution in [0.25, 0.3) is 0 Å². The summed E-state index contributed by atoms with van der Waals surface area (Å²) in [4.78, 5) is 16.9. The lowest BCUT2D eigenvalue weighted by molar-refractivity contribution is -0.135. The molecule has 4 nitrogen and oxygen atoms in total. The Bertz CT molecular complexity index is 329. The number of carbonyl (C=O) groups is 1. The Morgan fingerprint density at radius 2 is 1.79 bits per heavy atom. The Hall–Kier alpha value is -0.320. The zero-order valence-electron chi connectivity index (χ0n) is 12.6. The fourth-order valence-corrected chi connectivity index (χ4v) is 3.08. The molecule has 0 aromatic heterocycles. The normalized spacial score (nSPS) is 29.6. The van der Waals surface area contributed by atoms with Gasteiger partial charge in [0.05, 0.1) is 6.04 Å². The monoisotopic (exact) mass is 289 g/mol. The molecule has 19 heavy (non-hydrogen) atoms. The lowest BCUT2D eigenvalue weighted by atomic mass is 9.86. The third-order valence-corrected chi connectivity index (χ3v) is 4.66. The highest BCUT2D eigenvalue weighted by molar-refractivity contribution is 5.85. The molecule has 2 unspecified atom stereocenters. The van der Waals surface area contributed by atoms with Crippen molar-refractivity contribution in [3.63, 3.8) is 0 Å². The Morgan fingerprint density at radius 1 is 1.21 bits per heavy atom. The van der Waals surface area contributed by atoms with E-state index in [-0.39, 0.29) is 29.8 Å². The largest absolute Gasteiger partial charge is 0.340 e. The third-order valence-electron chi connectivity index (χ3n) is 4.66. The number of carbonyl (C=O) groups excluding carboxylic acids is 1.